The average molecular weight is 395 g/mol. The number of halogens is 3. The van der Waals surface area contributed by atoms with Crippen molar-refractivity contribution in [2.75, 3.05) is 21.3 Å². The van der Waals surface area contributed by atoms with E-state index in [0.29, 0.717) is 22.8 Å². The zero-order valence-corrected chi connectivity index (χ0v) is 15.6. The topological polar surface area (TPSA) is 56.8 Å². The van der Waals surface area contributed by atoms with Crippen LogP contribution >= 0.6 is 0 Å². The predicted molar refractivity (Wildman–Crippen MR) is 98.4 cm³/mol. The third-order valence-electron chi connectivity index (χ3n) is 3.83. The van der Waals surface area contributed by atoms with Crippen molar-refractivity contribution < 1.29 is 32.2 Å². The Morgan fingerprint density at radius 1 is 1.04 bits per heavy atom. The fourth-order valence-corrected chi connectivity index (χ4v) is 2.48. The Bertz CT molecular complexity index is 838. The molecule has 2 aromatic rings. The monoisotopic (exact) mass is 395 g/mol. The Morgan fingerprint density at radius 2 is 1.68 bits per heavy atom. The van der Waals surface area contributed by atoms with Crippen LogP contribution in [0.4, 0.5) is 13.2 Å². The Labute approximate surface area is 160 Å². The third-order valence-corrected chi connectivity index (χ3v) is 3.83. The first-order valence-corrected chi connectivity index (χ1v) is 8.20. The number of carbonyl (C=O) groups excluding carboxylic acids is 1. The Kier molecular flexibility index (Phi) is 6.92. The highest BCUT2D eigenvalue weighted by Gasteiger charge is 2.30. The second kappa shape index (κ2) is 9.16. The van der Waals surface area contributed by atoms with Crippen molar-refractivity contribution in [2.45, 2.75) is 12.7 Å². The van der Waals surface area contributed by atoms with Crippen molar-refractivity contribution in [3.8, 4) is 17.2 Å². The zero-order valence-electron chi connectivity index (χ0n) is 15.6. The van der Waals surface area contributed by atoms with Gasteiger partial charge < -0.3 is 19.5 Å². The van der Waals surface area contributed by atoms with Crippen LogP contribution in [0.3, 0.4) is 0 Å². The standard InChI is InChI=1S/C20H20F3NO4/c1-26-16-10-14(11-17(27-2)19(16)28-3)12-24-18(25)8-7-13-5-4-6-15(9-13)20(21,22)23/h4-11H,12H2,1-3H3,(H,24,25)/b8-7+. The van der Waals surface area contributed by atoms with E-state index in [1.54, 1.807) is 12.1 Å². The minimum atomic E-state index is -4.43. The summed E-state index contributed by atoms with van der Waals surface area (Å²) in [5.41, 5.74) is 0.209. The number of methoxy groups -OCH3 is 3. The number of nitrogens with one attached hydrogen (secondary N) is 1. The maximum atomic E-state index is 12.7. The van der Waals surface area contributed by atoms with Crippen molar-refractivity contribution >= 4 is 12.0 Å². The van der Waals surface area contributed by atoms with Crippen molar-refractivity contribution in [3.05, 3.63) is 59.2 Å². The molecular weight excluding hydrogens is 375 g/mol. The number of rotatable bonds is 7. The maximum Gasteiger partial charge on any atom is 0.416 e. The summed E-state index contributed by atoms with van der Waals surface area (Å²) < 4.78 is 53.9. The second-order valence-electron chi connectivity index (χ2n) is 5.71. The predicted octanol–water partition coefficient (Wildman–Crippen LogP) is 4.06. The molecule has 0 bridgehead atoms. The first-order chi connectivity index (χ1) is 13.3. The molecule has 0 atom stereocenters. The molecule has 0 unspecified atom stereocenters. The van der Waals surface area contributed by atoms with E-state index in [9.17, 15) is 18.0 Å². The van der Waals surface area contributed by atoms with E-state index in [1.807, 2.05) is 0 Å². The molecule has 0 radical (unpaired) electrons. The fraction of sp³-hybridized carbons (Fsp3) is 0.250. The lowest BCUT2D eigenvalue weighted by molar-refractivity contribution is -0.137. The van der Waals surface area contributed by atoms with Crippen LogP contribution in [0.2, 0.25) is 0 Å². The molecule has 0 aliphatic carbocycles. The summed E-state index contributed by atoms with van der Waals surface area (Å²) in [6.45, 7) is 0.169. The van der Waals surface area contributed by atoms with Gasteiger partial charge in [0.2, 0.25) is 11.7 Å². The van der Waals surface area contributed by atoms with E-state index >= 15 is 0 Å². The van der Waals surface area contributed by atoms with Gasteiger partial charge in [-0.1, -0.05) is 12.1 Å². The highest BCUT2D eigenvalue weighted by molar-refractivity contribution is 5.91. The Morgan fingerprint density at radius 3 is 2.21 bits per heavy atom. The normalized spacial score (nSPS) is 11.4. The van der Waals surface area contributed by atoms with Gasteiger partial charge in [0.25, 0.3) is 0 Å². The minimum absolute atomic E-state index is 0.169. The molecule has 2 aromatic carbocycles. The number of alkyl halides is 3. The summed E-state index contributed by atoms with van der Waals surface area (Å²) in [6.07, 6.45) is -1.94. The summed E-state index contributed by atoms with van der Waals surface area (Å²) in [4.78, 5) is 12.0. The van der Waals surface area contributed by atoms with Crippen LogP contribution in [0.25, 0.3) is 6.08 Å². The van der Waals surface area contributed by atoms with Gasteiger partial charge in [0.15, 0.2) is 11.5 Å². The highest BCUT2D eigenvalue weighted by Crippen LogP contribution is 2.38. The maximum absolute atomic E-state index is 12.7. The van der Waals surface area contributed by atoms with Gasteiger partial charge in [-0.3, -0.25) is 4.79 Å². The Balaban J connectivity index is 2.06. The minimum Gasteiger partial charge on any atom is -0.493 e. The highest BCUT2D eigenvalue weighted by atomic mass is 19.4. The molecule has 0 saturated carbocycles. The van der Waals surface area contributed by atoms with Gasteiger partial charge in [0.1, 0.15) is 0 Å². The van der Waals surface area contributed by atoms with Crippen LogP contribution in [0, 0.1) is 0 Å². The lowest BCUT2D eigenvalue weighted by Gasteiger charge is -2.14. The van der Waals surface area contributed by atoms with Gasteiger partial charge in [-0.15, -0.1) is 0 Å². The van der Waals surface area contributed by atoms with Crippen LogP contribution in [0.5, 0.6) is 17.2 Å². The van der Waals surface area contributed by atoms with E-state index in [4.69, 9.17) is 14.2 Å². The first-order valence-electron chi connectivity index (χ1n) is 8.20. The molecule has 150 valence electrons. The average Bonchev–Trinajstić information content (AvgIpc) is 2.69. The summed E-state index contributed by atoms with van der Waals surface area (Å²) in [5.74, 6) is 0.881. The molecule has 1 N–H and O–H groups in total. The molecule has 0 aliphatic rings. The van der Waals surface area contributed by atoms with E-state index in [1.165, 1.54) is 45.6 Å². The number of hydrogen-bond acceptors (Lipinski definition) is 4. The van der Waals surface area contributed by atoms with Crippen LogP contribution in [0.1, 0.15) is 16.7 Å². The van der Waals surface area contributed by atoms with Gasteiger partial charge in [0, 0.05) is 12.6 Å². The lowest BCUT2D eigenvalue weighted by Crippen LogP contribution is -2.20. The second-order valence-corrected chi connectivity index (χ2v) is 5.71. The van der Waals surface area contributed by atoms with Crippen LogP contribution in [-0.4, -0.2) is 27.2 Å². The molecule has 0 fully saturated rings. The molecule has 8 heteroatoms. The van der Waals surface area contributed by atoms with Crippen LogP contribution < -0.4 is 19.5 Å². The van der Waals surface area contributed by atoms with Gasteiger partial charge in [-0.25, -0.2) is 0 Å². The summed E-state index contributed by atoms with van der Waals surface area (Å²) in [5, 5.41) is 2.65. The SMILES string of the molecule is COc1cc(CNC(=O)/C=C/c2cccc(C(F)(F)F)c2)cc(OC)c1OC. The number of carbonyl (C=O) groups is 1. The lowest BCUT2D eigenvalue weighted by atomic mass is 10.1. The van der Waals surface area contributed by atoms with E-state index in [2.05, 4.69) is 5.32 Å². The van der Waals surface area contributed by atoms with Crippen molar-refractivity contribution in [1.29, 1.82) is 0 Å². The molecule has 2 rings (SSSR count). The molecule has 0 saturated heterocycles. The molecule has 1 amide bonds. The smallest absolute Gasteiger partial charge is 0.416 e. The van der Waals surface area contributed by atoms with Gasteiger partial charge in [0.05, 0.1) is 26.9 Å². The first kappa shape index (κ1) is 21.1. The van der Waals surface area contributed by atoms with E-state index in [-0.39, 0.29) is 12.1 Å². The van der Waals surface area contributed by atoms with E-state index in [0.717, 1.165) is 12.1 Å². The molecule has 0 heterocycles. The number of amides is 1. The molecule has 28 heavy (non-hydrogen) atoms. The van der Waals surface area contributed by atoms with E-state index < -0.39 is 17.6 Å². The van der Waals surface area contributed by atoms with Gasteiger partial charge in [-0.05, 0) is 41.5 Å². The third kappa shape index (κ3) is 5.42. The summed E-state index contributed by atoms with van der Waals surface area (Å²) in [6, 6.07) is 8.11. The van der Waals surface area contributed by atoms with Crippen molar-refractivity contribution in [2.24, 2.45) is 0 Å². The van der Waals surface area contributed by atoms with Crippen molar-refractivity contribution in [1.82, 2.24) is 5.32 Å². The zero-order chi connectivity index (χ0) is 20.7. The molecule has 0 spiro atoms. The van der Waals surface area contributed by atoms with Crippen molar-refractivity contribution in [3.63, 3.8) is 0 Å². The van der Waals surface area contributed by atoms with Gasteiger partial charge >= 0.3 is 6.18 Å². The summed E-state index contributed by atoms with van der Waals surface area (Å²) >= 11 is 0. The number of ether oxygens (including phenoxy) is 3. The van der Waals surface area contributed by atoms with Gasteiger partial charge in [-0.2, -0.15) is 13.2 Å². The molecule has 5 nitrogen and oxygen atoms in total. The summed E-state index contributed by atoms with van der Waals surface area (Å²) in [7, 11) is 4.45. The number of hydrogen-bond donors (Lipinski definition) is 1. The largest absolute Gasteiger partial charge is 0.493 e. The van der Waals surface area contributed by atoms with Crippen LogP contribution in [0.15, 0.2) is 42.5 Å². The molecular formula is C20H20F3NO4. The molecule has 0 aromatic heterocycles. The quantitative estimate of drug-likeness (QED) is 0.719. The Hall–Kier alpha value is -3.16. The molecule has 0 aliphatic heterocycles. The van der Waals surface area contributed by atoms with Crippen LogP contribution in [-0.2, 0) is 17.5 Å². The fourth-order valence-electron chi connectivity index (χ4n) is 2.48. The number of benzene rings is 2.